The van der Waals surface area contributed by atoms with Crippen molar-refractivity contribution in [3.05, 3.63) is 18.2 Å². The standard InChI is InChI=1S/C15H18N8O/c1-5-24-13-11-12(18-8-17-11)20-14(21-13)19-10-6-23(22-9(10)2)15(3,4)7-16/h6,8H,5H2,1-4H3,(H2,17,18,19,20,21). The van der Waals surface area contributed by atoms with Crippen LogP contribution in [0.4, 0.5) is 11.6 Å². The van der Waals surface area contributed by atoms with E-state index in [0.29, 0.717) is 29.6 Å². The van der Waals surface area contributed by atoms with Gasteiger partial charge in [0.1, 0.15) is 11.1 Å². The third kappa shape index (κ3) is 2.74. The Bertz CT molecular complexity index is 917. The molecule has 3 rings (SSSR count). The van der Waals surface area contributed by atoms with Crippen LogP contribution in [0.3, 0.4) is 0 Å². The molecule has 0 radical (unpaired) electrons. The van der Waals surface area contributed by atoms with Crippen molar-refractivity contribution in [2.45, 2.75) is 33.2 Å². The number of nitrogens with one attached hydrogen (secondary N) is 2. The minimum absolute atomic E-state index is 0.357. The first-order valence-corrected chi connectivity index (χ1v) is 7.53. The number of aromatic nitrogens is 6. The predicted molar refractivity (Wildman–Crippen MR) is 88.0 cm³/mol. The van der Waals surface area contributed by atoms with Gasteiger partial charge in [0.25, 0.3) is 0 Å². The Kier molecular flexibility index (Phi) is 3.81. The summed E-state index contributed by atoms with van der Waals surface area (Å²) >= 11 is 0. The van der Waals surface area contributed by atoms with Gasteiger partial charge in [0.15, 0.2) is 5.65 Å². The van der Waals surface area contributed by atoms with Crippen LogP contribution in [0.25, 0.3) is 11.2 Å². The molecular formula is C15H18N8O. The highest BCUT2D eigenvalue weighted by Crippen LogP contribution is 2.25. The summed E-state index contributed by atoms with van der Waals surface area (Å²) in [6, 6.07) is 2.22. The molecule has 0 bridgehead atoms. The number of aromatic amines is 1. The number of nitrogens with zero attached hydrogens (tertiary/aromatic N) is 6. The largest absolute Gasteiger partial charge is 0.476 e. The van der Waals surface area contributed by atoms with Gasteiger partial charge in [0.05, 0.1) is 36.6 Å². The maximum Gasteiger partial charge on any atom is 0.245 e. The molecule has 3 heterocycles. The zero-order chi connectivity index (χ0) is 17.3. The van der Waals surface area contributed by atoms with E-state index >= 15 is 0 Å². The molecule has 0 saturated carbocycles. The molecule has 9 nitrogen and oxygen atoms in total. The molecular weight excluding hydrogens is 308 g/mol. The maximum absolute atomic E-state index is 9.24. The van der Waals surface area contributed by atoms with Gasteiger partial charge in [-0.15, -0.1) is 0 Å². The van der Waals surface area contributed by atoms with Crippen LogP contribution >= 0.6 is 0 Å². The molecule has 0 amide bonds. The summed E-state index contributed by atoms with van der Waals surface area (Å²) in [5.41, 5.74) is 1.88. The maximum atomic E-state index is 9.24. The molecule has 0 saturated heterocycles. The number of imidazole rings is 1. The minimum Gasteiger partial charge on any atom is -0.476 e. The molecule has 3 aromatic heterocycles. The Morgan fingerprint density at radius 3 is 2.92 bits per heavy atom. The summed E-state index contributed by atoms with van der Waals surface area (Å²) in [6.07, 6.45) is 3.31. The molecule has 2 N–H and O–H groups in total. The second-order valence-electron chi connectivity index (χ2n) is 5.76. The van der Waals surface area contributed by atoms with Gasteiger partial charge in [-0.3, -0.25) is 4.68 Å². The lowest BCUT2D eigenvalue weighted by molar-refractivity contribution is 0.330. The number of aryl methyl sites for hydroxylation is 1. The number of H-pyrrole nitrogens is 1. The van der Waals surface area contributed by atoms with Crippen LogP contribution in [0.2, 0.25) is 0 Å². The topological polar surface area (TPSA) is 117 Å². The number of nitriles is 1. The molecule has 3 aromatic rings. The Morgan fingerprint density at radius 1 is 1.42 bits per heavy atom. The van der Waals surface area contributed by atoms with Crippen LogP contribution in [0.1, 0.15) is 26.5 Å². The lowest BCUT2D eigenvalue weighted by atomic mass is 10.1. The molecule has 124 valence electrons. The zero-order valence-corrected chi connectivity index (χ0v) is 14.0. The van der Waals surface area contributed by atoms with Gasteiger partial charge in [-0.2, -0.15) is 20.3 Å². The molecule has 0 aliphatic heterocycles. The van der Waals surface area contributed by atoms with E-state index in [1.54, 1.807) is 31.1 Å². The fourth-order valence-electron chi connectivity index (χ4n) is 2.14. The highest BCUT2D eigenvalue weighted by atomic mass is 16.5. The Balaban J connectivity index is 1.97. The molecule has 0 unspecified atom stereocenters. The van der Waals surface area contributed by atoms with Crippen molar-refractivity contribution >= 4 is 22.8 Å². The van der Waals surface area contributed by atoms with Crippen LogP contribution in [0, 0.1) is 18.3 Å². The predicted octanol–water partition coefficient (Wildman–Crippen LogP) is 2.26. The van der Waals surface area contributed by atoms with Gasteiger partial charge >= 0.3 is 0 Å². The van der Waals surface area contributed by atoms with Gasteiger partial charge in [-0.05, 0) is 27.7 Å². The summed E-state index contributed by atoms with van der Waals surface area (Å²) in [4.78, 5) is 15.9. The smallest absolute Gasteiger partial charge is 0.245 e. The average molecular weight is 326 g/mol. The highest BCUT2D eigenvalue weighted by molar-refractivity contribution is 5.77. The third-order valence-corrected chi connectivity index (χ3v) is 3.53. The van der Waals surface area contributed by atoms with E-state index < -0.39 is 5.54 Å². The Hall–Kier alpha value is -3.15. The first-order valence-electron chi connectivity index (χ1n) is 7.53. The minimum atomic E-state index is -0.742. The molecule has 0 atom stereocenters. The van der Waals surface area contributed by atoms with Crippen molar-refractivity contribution < 1.29 is 4.74 Å². The van der Waals surface area contributed by atoms with Gasteiger partial charge < -0.3 is 15.0 Å². The number of anilines is 2. The first-order chi connectivity index (χ1) is 11.4. The first kappa shape index (κ1) is 15.7. The van der Waals surface area contributed by atoms with Crippen LogP contribution in [-0.4, -0.2) is 36.3 Å². The molecule has 9 heteroatoms. The van der Waals surface area contributed by atoms with E-state index in [-0.39, 0.29) is 0 Å². The van der Waals surface area contributed by atoms with Crippen LogP contribution < -0.4 is 10.1 Å². The summed E-state index contributed by atoms with van der Waals surface area (Å²) in [6.45, 7) is 7.81. The molecule has 0 spiro atoms. The number of fused-ring (bicyclic) bond motifs is 1. The summed E-state index contributed by atoms with van der Waals surface area (Å²) in [7, 11) is 0. The fourth-order valence-corrected chi connectivity index (χ4v) is 2.14. The van der Waals surface area contributed by atoms with Crippen LogP contribution in [0.5, 0.6) is 5.88 Å². The van der Waals surface area contributed by atoms with Crippen LogP contribution in [0.15, 0.2) is 12.5 Å². The summed E-state index contributed by atoms with van der Waals surface area (Å²) in [5, 5.41) is 16.7. The highest BCUT2D eigenvalue weighted by Gasteiger charge is 2.22. The van der Waals surface area contributed by atoms with Crippen molar-refractivity contribution in [1.82, 2.24) is 29.7 Å². The third-order valence-electron chi connectivity index (χ3n) is 3.53. The lowest BCUT2D eigenvalue weighted by Gasteiger charge is -2.15. The Morgan fingerprint density at radius 2 is 2.21 bits per heavy atom. The fraction of sp³-hybridized carbons (Fsp3) is 0.400. The quantitative estimate of drug-likeness (QED) is 0.738. The monoisotopic (exact) mass is 326 g/mol. The second kappa shape index (κ2) is 5.81. The SMILES string of the molecule is CCOc1nc(Nc2cn(C(C)(C)C#N)nc2C)nc2nc[nH]c12. The normalized spacial score (nSPS) is 11.5. The zero-order valence-electron chi connectivity index (χ0n) is 14.0. The van der Waals surface area contributed by atoms with E-state index in [9.17, 15) is 5.26 Å². The van der Waals surface area contributed by atoms with E-state index in [4.69, 9.17) is 4.74 Å². The Labute approximate surface area is 138 Å². The van der Waals surface area contributed by atoms with Crippen molar-refractivity contribution in [2.24, 2.45) is 0 Å². The van der Waals surface area contributed by atoms with Gasteiger partial charge in [0, 0.05) is 0 Å². The number of rotatable bonds is 5. The van der Waals surface area contributed by atoms with E-state index in [2.05, 4.69) is 36.4 Å². The van der Waals surface area contributed by atoms with E-state index in [0.717, 1.165) is 11.4 Å². The summed E-state index contributed by atoms with van der Waals surface area (Å²) in [5.74, 6) is 0.792. The molecule has 0 aromatic carbocycles. The number of hydrogen-bond donors (Lipinski definition) is 2. The summed E-state index contributed by atoms with van der Waals surface area (Å²) < 4.78 is 7.15. The average Bonchev–Trinajstić information content (AvgIpc) is 3.15. The number of hydrogen-bond acceptors (Lipinski definition) is 7. The van der Waals surface area contributed by atoms with E-state index in [1.165, 1.54) is 0 Å². The second-order valence-corrected chi connectivity index (χ2v) is 5.76. The van der Waals surface area contributed by atoms with Crippen molar-refractivity contribution in [3.63, 3.8) is 0 Å². The van der Waals surface area contributed by atoms with Crippen LogP contribution in [-0.2, 0) is 5.54 Å². The molecule has 0 aliphatic rings. The van der Waals surface area contributed by atoms with E-state index in [1.807, 2.05) is 13.8 Å². The van der Waals surface area contributed by atoms with Gasteiger partial charge in [-0.1, -0.05) is 0 Å². The van der Waals surface area contributed by atoms with Gasteiger partial charge in [0.2, 0.25) is 11.8 Å². The number of ether oxygens (including phenoxy) is 1. The molecule has 24 heavy (non-hydrogen) atoms. The van der Waals surface area contributed by atoms with Crippen molar-refractivity contribution in [1.29, 1.82) is 5.26 Å². The van der Waals surface area contributed by atoms with Crippen molar-refractivity contribution in [2.75, 3.05) is 11.9 Å². The van der Waals surface area contributed by atoms with Crippen molar-refractivity contribution in [3.8, 4) is 11.9 Å². The molecule has 0 fully saturated rings. The molecule has 0 aliphatic carbocycles. The lowest BCUT2D eigenvalue weighted by Crippen LogP contribution is -2.24. The van der Waals surface area contributed by atoms with Gasteiger partial charge in [-0.25, -0.2) is 4.98 Å².